The van der Waals surface area contributed by atoms with Crippen molar-refractivity contribution in [3.8, 4) is 0 Å². The monoisotopic (exact) mass is 315 g/mol. The van der Waals surface area contributed by atoms with Crippen LogP contribution in [0.15, 0.2) is 12.4 Å². The van der Waals surface area contributed by atoms with Crippen LogP contribution in [0.2, 0.25) is 0 Å². The summed E-state index contributed by atoms with van der Waals surface area (Å²) in [6.45, 7) is 7.63. The maximum atomic E-state index is 12.7. The van der Waals surface area contributed by atoms with E-state index in [0.717, 1.165) is 48.4 Å². The number of aromatic nitrogens is 4. The summed E-state index contributed by atoms with van der Waals surface area (Å²) in [5, 5.41) is 8.82. The van der Waals surface area contributed by atoms with E-state index in [0.29, 0.717) is 6.42 Å². The molecule has 1 aliphatic rings. The minimum atomic E-state index is 0.192. The van der Waals surface area contributed by atoms with Gasteiger partial charge in [-0.25, -0.2) is 0 Å². The molecule has 2 aromatic heterocycles. The van der Waals surface area contributed by atoms with Gasteiger partial charge < -0.3 is 4.90 Å². The number of amides is 1. The van der Waals surface area contributed by atoms with Gasteiger partial charge in [-0.1, -0.05) is 0 Å². The van der Waals surface area contributed by atoms with Crippen LogP contribution in [0.4, 0.5) is 0 Å². The number of aryl methyl sites for hydroxylation is 3. The lowest BCUT2D eigenvalue weighted by Gasteiger charge is -2.33. The van der Waals surface area contributed by atoms with E-state index < -0.39 is 0 Å². The van der Waals surface area contributed by atoms with Crippen LogP contribution >= 0.6 is 0 Å². The summed E-state index contributed by atoms with van der Waals surface area (Å²) in [4.78, 5) is 14.7. The zero-order valence-electron chi connectivity index (χ0n) is 14.4. The summed E-state index contributed by atoms with van der Waals surface area (Å²) < 4.78 is 3.86. The van der Waals surface area contributed by atoms with Crippen molar-refractivity contribution in [1.29, 1.82) is 0 Å². The van der Waals surface area contributed by atoms with Crippen molar-refractivity contribution in [2.75, 3.05) is 13.1 Å². The molecule has 0 aliphatic carbocycles. The third kappa shape index (κ3) is 3.16. The highest BCUT2D eigenvalue weighted by Crippen LogP contribution is 2.22. The van der Waals surface area contributed by atoms with Crippen LogP contribution in [0, 0.1) is 20.8 Å². The molecule has 124 valence electrons. The fraction of sp³-hybridized carbons (Fsp3) is 0.588. The fourth-order valence-electron chi connectivity index (χ4n) is 3.37. The minimum absolute atomic E-state index is 0.192. The first-order valence-electron chi connectivity index (χ1n) is 8.23. The van der Waals surface area contributed by atoms with Gasteiger partial charge >= 0.3 is 0 Å². The molecular weight excluding hydrogens is 290 g/mol. The molecule has 0 spiro atoms. The summed E-state index contributed by atoms with van der Waals surface area (Å²) in [6.07, 6.45) is 6.49. The van der Waals surface area contributed by atoms with Gasteiger partial charge in [0.2, 0.25) is 5.91 Å². The third-order valence-corrected chi connectivity index (χ3v) is 4.84. The van der Waals surface area contributed by atoms with Gasteiger partial charge in [-0.15, -0.1) is 0 Å². The topological polar surface area (TPSA) is 56.0 Å². The SMILES string of the molecule is Cc1cnn([C@@H]2CCCN(C(=O)Cc3c(C)nn(C)c3C)C2)c1. The van der Waals surface area contributed by atoms with E-state index >= 15 is 0 Å². The molecule has 1 saturated heterocycles. The normalized spacial score (nSPS) is 18.4. The number of likely N-dealkylation sites (tertiary alicyclic amines) is 1. The standard InChI is InChI=1S/C17H25N5O/c1-12-9-18-22(10-12)15-6-5-7-21(11-15)17(23)8-16-13(2)19-20(4)14(16)3/h9-10,15H,5-8,11H2,1-4H3/t15-/m1/s1. The van der Waals surface area contributed by atoms with E-state index in [2.05, 4.69) is 16.4 Å². The number of rotatable bonds is 3. The van der Waals surface area contributed by atoms with E-state index in [9.17, 15) is 4.79 Å². The molecule has 0 bridgehead atoms. The van der Waals surface area contributed by atoms with E-state index in [1.807, 2.05) is 48.3 Å². The van der Waals surface area contributed by atoms with Crippen molar-refractivity contribution in [2.24, 2.45) is 7.05 Å². The second-order valence-corrected chi connectivity index (χ2v) is 6.58. The molecule has 23 heavy (non-hydrogen) atoms. The molecule has 1 atom stereocenters. The van der Waals surface area contributed by atoms with Crippen LogP contribution in [0.3, 0.4) is 0 Å². The molecule has 3 heterocycles. The molecule has 0 unspecified atom stereocenters. The van der Waals surface area contributed by atoms with Crippen molar-refractivity contribution in [2.45, 2.75) is 46.1 Å². The first-order chi connectivity index (χ1) is 11.0. The number of piperidine rings is 1. The average molecular weight is 315 g/mol. The summed E-state index contributed by atoms with van der Waals surface area (Å²) >= 11 is 0. The van der Waals surface area contributed by atoms with Crippen LogP contribution in [0.5, 0.6) is 0 Å². The Balaban J connectivity index is 1.70. The Morgan fingerprint density at radius 2 is 2.13 bits per heavy atom. The second kappa shape index (κ2) is 6.18. The molecule has 0 radical (unpaired) electrons. The number of carbonyl (C=O) groups excluding carboxylic acids is 1. The van der Waals surface area contributed by atoms with Gasteiger partial charge in [0.05, 0.1) is 24.4 Å². The summed E-state index contributed by atoms with van der Waals surface area (Å²) in [5.74, 6) is 0.192. The van der Waals surface area contributed by atoms with Crippen LogP contribution < -0.4 is 0 Å². The Morgan fingerprint density at radius 3 is 2.74 bits per heavy atom. The lowest BCUT2D eigenvalue weighted by molar-refractivity contribution is -0.132. The summed E-state index contributed by atoms with van der Waals surface area (Å²) in [7, 11) is 1.92. The molecule has 0 N–H and O–H groups in total. The summed E-state index contributed by atoms with van der Waals surface area (Å²) in [6, 6.07) is 0.289. The average Bonchev–Trinajstić information content (AvgIpc) is 3.06. The quantitative estimate of drug-likeness (QED) is 0.870. The summed E-state index contributed by atoms with van der Waals surface area (Å²) in [5.41, 5.74) is 4.26. The second-order valence-electron chi connectivity index (χ2n) is 6.58. The molecule has 3 rings (SSSR count). The lowest BCUT2D eigenvalue weighted by Crippen LogP contribution is -2.41. The molecule has 6 heteroatoms. The smallest absolute Gasteiger partial charge is 0.227 e. The molecule has 2 aromatic rings. The first-order valence-corrected chi connectivity index (χ1v) is 8.23. The van der Waals surface area contributed by atoms with Gasteiger partial charge in [0.1, 0.15) is 0 Å². The third-order valence-electron chi connectivity index (χ3n) is 4.84. The van der Waals surface area contributed by atoms with Gasteiger partial charge in [-0.3, -0.25) is 14.2 Å². The predicted molar refractivity (Wildman–Crippen MR) is 88.2 cm³/mol. The van der Waals surface area contributed by atoms with Crippen molar-refractivity contribution in [3.63, 3.8) is 0 Å². The fourth-order valence-corrected chi connectivity index (χ4v) is 3.37. The Labute approximate surface area is 137 Å². The number of nitrogens with zero attached hydrogens (tertiary/aromatic N) is 5. The van der Waals surface area contributed by atoms with E-state index in [1.54, 1.807) is 0 Å². The van der Waals surface area contributed by atoms with E-state index in [1.165, 1.54) is 0 Å². The van der Waals surface area contributed by atoms with Gasteiger partial charge in [0.25, 0.3) is 0 Å². The number of hydrogen-bond donors (Lipinski definition) is 0. The van der Waals surface area contributed by atoms with Gasteiger partial charge in [0, 0.05) is 37.6 Å². The number of hydrogen-bond acceptors (Lipinski definition) is 3. The van der Waals surface area contributed by atoms with Crippen molar-refractivity contribution in [1.82, 2.24) is 24.5 Å². The zero-order valence-corrected chi connectivity index (χ0v) is 14.4. The Bertz CT molecular complexity index is 715. The highest BCUT2D eigenvalue weighted by atomic mass is 16.2. The molecule has 1 aliphatic heterocycles. The van der Waals surface area contributed by atoms with Crippen molar-refractivity contribution >= 4 is 5.91 Å². The highest BCUT2D eigenvalue weighted by Gasteiger charge is 2.26. The molecule has 6 nitrogen and oxygen atoms in total. The molecule has 1 fully saturated rings. The van der Waals surface area contributed by atoms with Crippen molar-refractivity contribution < 1.29 is 4.79 Å². The maximum absolute atomic E-state index is 12.7. The molecule has 0 aromatic carbocycles. The molecule has 0 saturated carbocycles. The van der Waals surface area contributed by atoms with Crippen LogP contribution in [0.1, 0.15) is 41.4 Å². The predicted octanol–water partition coefficient (Wildman–Crippen LogP) is 1.95. The number of carbonyl (C=O) groups is 1. The van der Waals surface area contributed by atoms with Gasteiger partial charge in [0.15, 0.2) is 0 Å². The molecule has 1 amide bonds. The minimum Gasteiger partial charge on any atom is -0.340 e. The first kappa shape index (κ1) is 15.8. The lowest BCUT2D eigenvalue weighted by atomic mass is 10.0. The highest BCUT2D eigenvalue weighted by molar-refractivity contribution is 5.79. The maximum Gasteiger partial charge on any atom is 0.227 e. The van der Waals surface area contributed by atoms with Gasteiger partial charge in [-0.2, -0.15) is 10.2 Å². The van der Waals surface area contributed by atoms with Gasteiger partial charge in [-0.05, 0) is 39.2 Å². The zero-order chi connectivity index (χ0) is 16.6. The van der Waals surface area contributed by atoms with Crippen LogP contribution in [0.25, 0.3) is 0 Å². The molecular formula is C17H25N5O. The Hall–Kier alpha value is -2.11. The Kier molecular flexibility index (Phi) is 4.24. The largest absolute Gasteiger partial charge is 0.340 e. The van der Waals surface area contributed by atoms with E-state index in [4.69, 9.17) is 0 Å². The van der Waals surface area contributed by atoms with Crippen LogP contribution in [-0.2, 0) is 18.3 Å². The van der Waals surface area contributed by atoms with Crippen molar-refractivity contribution in [3.05, 3.63) is 34.9 Å². The van der Waals surface area contributed by atoms with E-state index in [-0.39, 0.29) is 11.9 Å². The van der Waals surface area contributed by atoms with Crippen LogP contribution in [-0.4, -0.2) is 43.5 Å². The Morgan fingerprint density at radius 1 is 1.35 bits per heavy atom.